The third kappa shape index (κ3) is 5.86. The molecular weight excluding hydrogens is 364 g/mol. The Morgan fingerprint density at radius 1 is 1.14 bits per heavy atom. The molecule has 3 rings (SSSR count). The smallest absolute Gasteiger partial charge is 0.303 e. The van der Waals surface area contributed by atoms with Crippen molar-refractivity contribution in [2.45, 2.75) is 51.0 Å². The number of ether oxygens (including phenoxy) is 2. The molecule has 1 saturated carbocycles. The second-order valence-electron chi connectivity index (χ2n) is 7.77. The van der Waals surface area contributed by atoms with Gasteiger partial charge in [-0.1, -0.05) is 55.5 Å². The van der Waals surface area contributed by atoms with Crippen molar-refractivity contribution >= 4 is 12.0 Å². The van der Waals surface area contributed by atoms with Crippen molar-refractivity contribution in [3.05, 3.63) is 65.7 Å². The summed E-state index contributed by atoms with van der Waals surface area (Å²) < 4.78 is 11.7. The van der Waals surface area contributed by atoms with E-state index in [1.54, 1.807) is 7.11 Å². The van der Waals surface area contributed by atoms with Gasteiger partial charge in [-0.25, -0.2) is 0 Å². The average Bonchev–Trinajstić information content (AvgIpc) is 3.24. The zero-order valence-electron chi connectivity index (χ0n) is 17.2. The Balaban J connectivity index is 1.84. The van der Waals surface area contributed by atoms with Crippen LogP contribution in [0.4, 0.5) is 0 Å². The summed E-state index contributed by atoms with van der Waals surface area (Å²) in [4.78, 5) is 11.6. The molecule has 0 bridgehead atoms. The monoisotopic (exact) mass is 394 g/mol. The van der Waals surface area contributed by atoms with Gasteiger partial charge in [0.25, 0.3) is 0 Å². The molecule has 2 aromatic rings. The highest BCUT2D eigenvalue weighted by molar-refractivity contribution is 5.68. The van der Waals surface area contributed by atoms with Crippen LogP contribution in [-0.2, 0) is 4.79 Å². The Labute approximate surface area is 173 Å². The second-order valence-corrected chi connectivity index (χ2v) is 7.77. The molecule has 29 heavy (non-hydrogen) atoms. The predicted octanol–water partition coefficient (Wildman–Crippen LogP) is 5.92. The Morgan fingerprint density at radius 2 is 1.86 bits per heavy atom. The molecule has 4 nitrogen and oxygen atoms in total. The summed E-state index contributed by atoms with van der Waals surface area (Å²) in [5, 5.41) is 9.50. The molecule has 2 unspecified atom stereocenters. The first-order chi connectivity index (χ1) is 14.1. The fraction of sp³-hybridized carbons (Fsp3) is 0.400. The molecule has 4 heteroatoms. The molecule has 0 radical (unpaired) electrons. The number of aliphatic carboxylic acids is 1. The highest BCUT2D eigenvalue weighted by Gasteiger charge is 2.24. The third-order valence-corrected chi connectivity index (χ3v) is 5.63. The first kappa shape index (κ1) is 21.0. The maximum atomic E-state index is 11.6. The topological polar surface area (TPSA) is 55.8 Å². The van der Waals surface area contributed by atoms with Gasteiger partial charge in [0.15, 0.2) is 11.5 Å². The molecule has 0 saturated heterocycles. The van der Waals surface area contributed by atoms with Gasteiger partial charge in [0, 0.05) is 5.92 Å². The number of carbonyl (C=O) groups is 1. The number of carboxylic acids is 1. The zero-order chi connectivity index (χ0) is 20.6. The fourth-order valence-corrected chi connectivity index (χ4v) is 3.96. The summed E-state index contributed by atoms with van der Waals surface area (Å²) in [7, 11) is 1.64. The molecule has 1 aliphatic carbocycles. The lowest BCUT2D eigenvalue weighted by Crippen LogP contribution is -2.15. The van der Waals surface area contributed by atoms with Crippen molar-refractivity contribution in [1.82, 2.24) is 0 Å². The molecule has 1 aliphatic rings. The first-order valence-electron chi connectivity index (χ1n) is 10.4. The van der Waals surface area contributed by atoms with E-state index in [0.29, 0.717) is 11.5 Å². The minimum atomic E-state index is -0.802. The van der Waals surface area contributed by atoms with Gasteiger partial charge in [0.1, 0.15) is 0 Å². The van der Waals surface area contributed by atoms with Gasteiger partial charge in [-0.3, -0.25) is 4.79 Å². The van der Waals surface area contributed by atoms with Crippen LogP contribution in [0.1, 0.15) is 56.1 Å². The molecule has 0 aliphatic heterocycles. The first-order valence-corrected chi connectivity index (χ1v) is 10.4. The Hall–Kier alpha value is -2.75. The number of rotatable bonds is 9. The number of allylic oxidation sites excluding steroid dienone is 1. The Morgan fingerprint density at radius 3 is 2.52 bits per heavy atom. The van der Waals surface area contributed by atoms with Gasteiger partial charge in [-0.2, -0.15) is 0 Å². The van der Waals surface area contributed by atoms with E-state index in [9.17, 15) is 9.90 Å². The normalized spacial score (nSPS) is 16.6. The lowest BCUT2D eigenvalue weighted by atomic mass is 9.84. The van der Waals surface area contributed by atoms with Gasteiger partial charge in [0.2, 0.25) is 0 Å². The van der Waals surface area contributed by atoms with E-state index < -0.39 is 5.97 Å². The molecule has 2 aromatic carbocycles. The molecule has 1 fully saturated rings. The summed E-state index contributed by atoms with van der Waals surface area (Å²) in [6, 6.07) is 15.9. The molecule has 0 heterocycles. The average molecular weight is 395 g/mol. The molecule has 1 N–H and O–H groups in total. The molecule has 154 valence electrons. The molecule has 0 amide bonds. The number of hydrogen-bond acceptors (Lipinski definition) is 3. The van der Waals surface area contributed by atoms with Crippen LogP contribution in [0.2, 0.25) is 0 Å². The summed E-state index contributed by atoms with van der Waals surface area (Å²) in [5.41, 5.74) is 2.07. The van der Waals surface area contributed by atoms with Crippen LogP contribution in [0.3, 0.4) is 0 Å². The quantitative estimate of drug-likeness (QED) is 0.573. The van der Waals surface area contributed by atoms with Crippen molar-refractivity contribution in [2.24, 2.45) is 5.92 Å². The van der Waals surface area contributed by atoms with Crippen LogP contribution < -0.4 is 9.47 Å². The van der Waals surface area contributed by atoms with Crippen molar-refractivity contribution < 1.29 is 19.4 Å². The largest absolute Gasteiger partial charge is 0.493 e. The van der Waals surface area contributed by atoms with Crippen molar-refractivity contribution in [3.63, 3.8) is 0 Å². The second kappa shape index (κ2) is 10.1. The SMILES string of the molecule is COc1ccc(C(CC(=O)O)C(C)/C=C/c2ccccc2)cc1OC1CCCC1. The van der Waals surface area contributed by atoms with Crippen LogP contribution in [0, 0.1) is 5.92 Å². The van der Waals surface area contributed by atoms with E-state index in [4.69, 9.17) is 9.47 Å². The number of hydrogen-bond donors (Lipinski definition) is 1. The van der Waals surface area contributed by atoms with Gasteiger partial charge < -0.3 is 14.6 Å². The van der Waals surface area contributed by atoms with Crippen LogP contribution in [0.15, 0.2) is 54.6 Å². The number of methoxy groups -OCH3 is 1. The van der Waals surface area contributed by atoms with E-state index in [1.807, 2.05) is 48.5 Å². The van der Waals surface area contributed by atoms with Gasteiger partial charge in [0.05, 0.1) is 19.6 Å². The minimum Gasteiger partial charge on any atom is -0.493 e. The van der Waals surface area contributed by atoms with Crippen molar-refractivity contribution in [2.75, 3.05) is 7.11 Å². The van der Waals surface area contributed by atoms with E-state index in [2.05, 4.69) is 19.1 Å². The van der Waals surface area contributed by atoms with E-state index in [-0.39, 0.29) is 24.4 Å². The Bertz CT molecular complexity index is 822. The van der Waals surface area contributed by atoms with E-state index >= 15 is 0 Å². The minimum absolute atomic E-state index is 0.0547. The lowest BCUT2D eigenvalue weighted by molar-refractivity contribution is -0.137. The van der Waals surface area contributed by atoms with E-state index in [1.165, 1.54) is 12.8 Å². The fourth-order valence-electron chi connectivity index (χ4n) is 3.96. The summed E-state index contributed by atoms with van der Waals surface area (Å²) >= 11 is 0. The third-order valence-electron chi connectivity index (χ3n) is 5.63. The van der Waals surface area contributed by atoms with Crippen molar-refractivity contribution in [1.29, 1.82) is 0 Å². The van der Waals surface area contributed by atoms with Gasteiger partial charge in [-0.15, -0.1) is 0 Å². The highest BCUT2D eigenvalue weighted by Crippen LogP contribution is 2.37. The standard InChI is InChI=1S/C25H30O4/c1-18(12-13-19-8-4-3-5-9-19)22(17-25(26)27)20-14-15-23(28-2)24(16-20)29-21-10-6-7-11-21/h3-5,8-9,12-16,18,21-22H,6-7,10-11,17H2,1-2H3,(H,26,27)/b13-12+. The summed E-state index contributed by atoms with van der Waals surface area (Å²) in [5.74, 6) is 0.515. The number of benzene rings is 2. The van der Waals surface area contributed by atoms with Crippen LogP contribution in [0.5, 0.6) is 11.5 Å². The van der Waals surface area contributed by atoms with E-state index in [0.717, 1.165) is 24.0 Å². The summed E-state index contributed by atoms with van der Waals surface area (Å²) in [6.07, 6.45) is 8.92. The lowest BCUT2D eigenvalue weighted by Gasteiger charge is -2.23. The zero-order valence-corrected chi connectivity index (χ0v) is 17.2. The molecule has 0 spiro atoms. The van der Waals surface area contributed by atoms with Crippen LogP contribution in [0.25, 0.3) is 6.08 Å². The molecule has 2 atom stereocenters. The summed E-state index contributed by atoms with van der Waals surface area (Å²) in [6.45, 7) is 2.06. The van der Waals surface area contributed by atoms with Crippen LogP contribution in [-0.4, -0.2) is 24.3 Å². The molecular formula is C25H30O4. The maximum absolute atomic E-state index is 11.6. The van der Waals surface area contributed by atoms with Crippen LogP contribution >= 0.6 is 0 Å². The Kier molecular flexibility index (Phi) is 7.34. The maximum Gasteiger partial charge on any atom is 0.303 e. The number of carboxylic acid groups (broad SMARTS) is 1. The predicted molar refractivity (Wildman–Crippen MR) is 116 cm³/mol. The highest BCUT2D eigenvalue weighted by atomic mass is 16.5. The van der Waals surface area contributed by atoms with Gasteiger partial charge >= 0.3 is 5.97 Å². The molecule has 0 aromatic heterocycles. The van der Waals surface area contributed by atoms with Crippen molar-refractivity contribution in [3.8, 4) is 11.5 Å². The van der Waals surface area contributed by atoms with Gasteiger partial charge in [-0.05, 0) is 54.9 Å².